The predicted octanol–water partition coefficient (Wildman–Crippen LogP) is 3.03. The fourth-order valence-corrected chi connectivity index (χ4v) is 2.76. The molecule has 0 bridgehead atoms. The third-order valence-electron chi connectivity index (χ3n) is 3.65. The van der Waals surface area contributed by atoms with E-state index in [1.165, 1.54) is 0 Å². The van der Waals surface area contributed by atoms with Gasteiger partial charge in [-0.2, -0.15) is 8.78 Å². The van der Waals surface area contributed by atoms with Gasteiger partial charge in [0.25, 0.3) is 0 Å². The number of ether oxygens (including phenoxy) is 1. The van der Waals surface area contributed by atoms with E-state index in [1.54, 1.807) is 12.1 Å². The van der Waals surface area contributed by atoms with Crippen molar-refractivity contribution in [3.63, 3.8) is 0 Å². The Kier molecular flexibility index (Phi) is 5.73. The maximum absolute atomic E-state index is 12.5. The van der Waals surface area contributed by atoms with Crippen molar-refractivity contribution in [1.82, 2.24) is 10.2 Å². The summed E-state index contributed by atoms with van der Waals surface area (Å²) < 4.78 is 29.8. The lowest BCUT2D eigenvalue weighted by Crippen LogP contribution is -2.45. The Morgan fingerprint density at radius 1 is 1.25 bits per heavy atom. The first-order valence-electron chi connectivity index (χ1n) is 7.21. The number of rotatable bonds is 6. The number of piperazine rings is 1. The highest BCUT2D eigenvalue weighted by atomic mass is 19.3. The van der Waals surface area contributed by atoms with Gasteiger partial charge in [0.05, 0.1) is 0 Å². The summed E-state index contributed by atoms with van der Waals surface area (Å²) in [4.78, 5) is 2.35. The zero-order valence-electron chi connectivity index (χ0n) is 11.8. The fraction of sp³-hybridized carbons (Fsp3) is 0.600. The van der Waals surface area contributed by atoms with Crippen LogP contribution in [0, 0.1) is 0 Å². The summed E-state index contributed by atoms with van der Waals surface area (Å²) >= 11 is 0. The lowest BCUT2D eigenvalue weighted by atomic mass is 9.99. The van der Waals surface area contributed by atoms with Crippen LogP contribution in [-0.2, 0) is 0 Å². The second kappa shape index (κ2) is 7.55. The van der Waals surface area contributed by atoms with E-state index in [4.69, 9.17) is 0 Å². The summed E-state index contributed by atoms with van der Waals surface area (Å²) in [6, 6.07) is 7.31. The molecule has 1 saturated heterocycles. The van der Waals surface area contributed by atoms with Crippen molar-refractivity contribution in [3.05, 3.63) is 29.8 Å². The van der Waals surface area contributed by atoms with Crippen molar-refractivity contribution in [3.8, 4) is 5.75 Å². The van der Waals surface area contributed by atoms with Gasteiger partial charge in [0.1, 0.15) is 5.75 Å². The molecular formula is C15H22F2N2O. The lowest BCUT2D eigenvalue weighted by Gasteiger charge is -2.35. The van der Waals surface area contributed by atoms with E-state index >= 15 is 0 Å². The Bertz CT molecular complexity index is 409. The molecule has 3 nitrogen and oxygen atoms in total. The molecular weight excluding hydrogens is 262 g/mol. The molecule has 0 amide bonds. The summed E-state index contributed by atoms with van der Waals surface area (Å²) in [6.45, 7) is 3.10. The number of para-hydroxylation sites is 1. The zero-order chi connectivity index (χ0) is 14.4. The molecule has 1 aromatic rings. The average molecular weight is 284 g/mol. The first-order chi connectivity index (χ1) is 9.72. The quantitative estimate of drug-likeness (QED) is 0.869. The number of hydrogen-bond acceptors (Lipinski definition) is 3. The number of nitrogens with zero attached hydrogens (tertiary/aromatic N) is 1. The van der Waals surface area contributed by atoms with Crippen molar-refractivity contribution in [1.29, 1.82) is 0 Å². The number of nitrogens with one attached hydrogen (secondary N) is 1. The molecule has 0 aromatic heterocycles. The second-order valence-electron chi connectivity index (χ2n) is 5.01. The van der Waals surface area contributed by atoms with Crippen LogP contribution in [0.5, 0.6) is 5.75 Å². The summed E-state index contributed by atoms with van der Waals surface area (Å²) in [6.07, 6.45) is 1.96. The van der Waals surface area contributed by atoms with Crippen LogP contribution in [-0.4, -0.2) is 37.7 Å². The van der Waals surface area contributed by atoms with Gasteiger partial charge in [0.15, 0.2) is 0 Å². The Morgan fingerprint density at radius 3 is 2.60 bits per heavy atom. The number of halogens is 2. The van der Waals surface area contributed by atoms with Gasteiger partial charge in [0, 0.05) is 37.8 Å². The first kappa shape index (κ1) is 15.2. The molecule has 0 spiro atoms. The summed E-state index contributed by atoms with van der Waals surface area (Å²) in [7, 11) is 0. The standard InChI is InChI=1S/C15H22F2N2O/c1-2-5-13(19-10-8-18-9-11-19)12-6-3-4-7-14(12)20-15(16)17/h3-4,6-7,13,15,18H,2,5,8-11H2,1H3/t13-/m1/s1. The minimum atomic E-state index is -2.78. The molecule has 5 heteroatoms. The highest BCUT2D eigenvalue weighted by Crippen LogP contribution is 2.33. The largest absolute Gasteiger partial charge is 0.434 e. The topological polar surface area (TPSA) is 24.5 Å². The molecule has 2 rings (SSSR count). The molecule has 1 N–H and O–H groups in total. The Balaban J connectivity index is 2.23. The number of alkyl halides is 2. The van der Waals surface area contributed by atoms with Crippen molar-refractivity contribution < 1.29 is 13.5 Å². The third kappa shape index (κ3) is 3.90. The first-order valence-corrected chi connectivity index (χ1v) is 7.21. The molecule has 112 valence electrons. The van der Waals surface area contributed by atoms with Gasteiger partial charge in [-0.3, -0.25) is 4.90 Å². The Morgan fingerprint density at radius 2 is 1.95 bits per heavy atom. The highest BCUT2D eigenvalue weighted by molar-refractivity contribution is 5.36. The van der Waals surface area contributed by atoms with Gasteiger partial charge in [-0.25, -0.2) is 0 Å². The molecule has 0 unspecified atom stereocenters. The van der Waals surface area contributed by atoms with E-state index < -0.39 is 6.61 Å². The maximum Gasteiger partial charge on any atom is 0.387 e. The van der Waals surface area contributed by atoms with Crippen molar-refractivity contribution in [2.24, 2.45) is 0 Å². The molecule has 1 atom stereocenters. The maximum atomic E-state index is 12.5. The van der Waals surface area contributed by atoms with Gasteiger partial charge in [-0.1, -0.05) is 31.5 Å². The van der Waals surface area contributed by atoms with Crippen LogP contribution >= 0.6 is 0 Å². The van der Waals surface area contributed by atoms with Crippen LogP contribution in [0.15, 0.2) is 24.3 Å². The highest BCUT2D eigenvalue weighted by Gasteiger charge is 2.24. The van der Waals surface area contributed by atoms with Crippen LogP contribution < -0.4 is 10.1 Å². The molecule has 1 fully saturated rings. The molecule has 1 aliphatic rings. The normalized spacial score (nSPS) is 18.2. The molecule has 1 heterocycles. The minimum absolute atomic E-state index is 0.150. The van der Waals surface area contributed by atoms with Crippen LogP contribution in [0.4, 0.5) is 8.78 Å². The summed E-state index contributed by atoms with van der Waals surface area (Å²) in [5, 5.41) is 3.32. The molecule has 20 heavy (non-hydrogen) atoms. The monoisotopic (exact) mass is 284 g/mol. The van der Waals surface area contributed by atoms with Crippen LogP contribution in [0.1, 0.15) is 31.4 Å². The second-order valence-corrected chi connectivity index (χ2v) is 5.01. The van der Waals surface area contributed by atoms with Gasteiger partial charge >= 0.3 is 6.61 Å². The van der Waals surface area contributed by atoms with E-state index in [1.807, 2.05) is 12.1 Å². The van der Waals surface area contributed by atoms with Crippen LogP contribution in [0.3, 0.4) is 0 Å². The zero-order valence-corrected chi connectivity index (χ0v) is 11.8. The molecule has 1 aromatic carbocycles. The van der Waals surface area contributed by atoms with Crippen molar-refractivity contribution in [2.45, 2.75) is 32.4 Å². The van der Waals surface area contributed by atoms with Gasteiger partial charge in [-0.05, 0) is 12.5 Å². The Hall–Kier alpha value is -1.20. The van der Waals surface area contributed by atoms with E-state index in [0.717, 1.165) is 44.6 Å². The van der Waals surface area contributed by atoms with Gasteiger partial charge in [-0.15, -0.1) is 0 Å². The molecule has 0 saturated carbocycles. The molecule has 1 aliphatic heterocycles. The van der Waals surface area contributed by atoms with Crippen molar-refractivity contribution in [2.75, 3.05) is 26.2 Å². The van der Waals surface area contributed by atoms with Crippen LogP contribution in [0.2, 0.25) is 0 Å². The van der Waals surface area contributed by atoms with E-state index in [9.17, 15) is 8.78 Å². The third-order valence-corrected chi connectivity index (χ3v) is 3.65. The SMILES string of the molecule is CCC[C@H](c1ccccc1OC(F)F)N1CCNCC1. The Labute approximate surface area is 118 Å². The predicted molar refractivity (Wildman–Crippen MR) is 75.2 cm³/mol. The summed E-state index contributed by atoms with van der Waals surface area (Å²) in [5.41, 5.74) is 0.872. The lowest BCUT2D eigenvalue weighted by molar-refractivity contribution is -0.0513. The van der Waals surface area contributed by atoms with E-state index in [0.29, 0.717) is 5.75 Å². The minimum Gasteiger partial charge on any atom is -0.434 e. The van der Waals surface area contributed by atoms with Gasteiger partial charge in [0.2, 0.25) is 0 Å². The average Bonchev–Trinajstić information content (AvgIpc) is 2.46. The smallest absolute Gasteiger partial charge is 0.387 e. The fourth-order valence-electron chi connectivity index (χ4n) is 2.76. The number of benzene rings is 1. The van der Waals surface area contributed by atoms with Crippen molar-refractivity contribution >= 4 is 0 Å². The van der Waals surface area contributed by atoms with E-state index in [2.05, 4.69) is 21.9 Å². The van der Waals surface area contributed by atoms with Crippen LogP contribution in [0.25, 0.3) is 0 Å². The van der Waals surface area contributed by atoms with Gasteiger partial charge < -0.3 is 10.1 Å². The summed E-state index contributed by atoms with van der Waals surface area (Å²) in [5.74, 6) is 0.305. The van der Waals surface area contributed by atoms with E-state index in [-0.39, 0.29) is 6.04 Å². The molecule has 0 aliphatic carbocycles. The number of hydrogen-bond donors (Lipinski definition) is 1. The molecule has 0 radical (unpaired) electrons.